The molecule has 5 nitrogen and oxygen atoms in total. The van der Waals surface area contributed by atoms with Crippen molar-refractivity contribution in [3.05, 3.63) is 34.9 Å². The Morgan fingerprint density at radius 1 is 1.36 bits per heavy atom. The fourth-order valence-corrected chi connectivity index (χ4v) is 1.58. The van der Waals surface area contributed by atoms with Crippen molar-refractivity contribution in [2.45, 2.75) is 13.5 Å². The zero-order valence-corrected chi connectivity index (χ0v) is 11.6. The molecule has 1 aromatic carbocycles. The zero-order valence-electron chi connectivity index (χ0n) is 10.8. The second-order valence-electron chi connectivity index (χ2n) is 3.67. The van der Waals surface area contributed by atoms with Gasteiger partial charge < -0.3 is 14.6 Å². The van der Waals surface area contributed by atoms with Crippen molar-refractivity contribution in [3.8, 4) is 5.75 Å². The molecule has 1 N–H and O–H groups in total. The average Bonchev–Trinajstić information content (AvgIpc) is 2.37. The molecule has 0 saturated carbocycles. The van der Waals surface area contributed by atoms with Crippen LogP contribution >= 0.6 is 11.6 Å². The van der Waals surface area contributed by atoms with Crippen LogP contribution in [0.4, 0.5) is 8.78 Å². The summed E-state index contributed by atoms with van der Waals surface area (Å²) in [6, 6.07) is 3.37. The number of rotatable bonds is 6. The van der Waals surface area contributed by atoms with Gasteiger partial charge in [-0.1, -0.05) is 11.6 Å². The zero-order chi connectivity index (χ0) is 16.0. The van der Waals surface area contributed by atoms with Gasteiger partial charge in [0.15, 0.2) is 0 Å². The molecule has 0 aromatic heterocycles. The van der Waals surface area contributed by atoms with Crippen LogP contribution in [-0.4, -0.2) is 48.9 Å². The molecule has 22 heavy (non-hydrogen) atoms. The number of esters is 1. The predicted molar refractivity (Wildman–Crippen MR) is 77.5 cm³/mol. The maximum absolute atomic E-state index is 12.1. The number of ketones is 1. The minimum atomic E-state index is -3.07. The van der Waals surface area contributed by atoms with Crippen LogP contribution < -0.4 is 4.74 Å². The van der Waals surface area contributed by atoms with Crippen LogP contribution in [0.25, 0.3) is 5.76 Å². The summed E-state index contributed by atoms with van der Waals surface area (Å²) < 4.78 is 32.8. The number of hydrogen-bond donors (Lipinski definition) is 1. The Bertz CT molecular complexity index is 578. The van der Waals surface area contributed by atoms with E-state index in [9.17, 15) is 23.5 Å². The molecule has 0 aliphatic rings. The Morgan fingerprint density at radius 2 is 2.00 bits per heavy atom. The van der Waals surface area contributed by atoms with E-state index in [0.29, 0.717) is 6.08 Å². The van der Waals surface area contributed by atoms with Gasteiger partial charge in [0.2, 0.25) is 0 Å². The number of benzene rings is 1. The van der Waals surface area contributed by atoms with E-state index < -0.39 is 24.1 Å². The quantitative estimate of drug-likeness (QED) is 0.285. The molecule has 116 valence electrons. The Morgan fingerprint density at radius 3 is 2.55 bits per heavy atom. The van der Waals surface area contributed by atoms with Gasteiger partial charge in [-0.25, -0.2) is 4.79 Å². The van der Waals surface area contributed by atoms with Gasteiger partial charge in [0.1, 0.15) is 11.5 Å². The van der Waals surface area contributed by atoms with Gasteiger partial charge in [0, 0.05) is 16.7 Å². The monoisotopic (exact) mass is 328 g/mol. The summed E-state index contributed by atoms with van der Waals surface area (Å²) in [5.41, 5.74) is -0.0594. The molecule has 1 rings (SSSR count). The van der Waals surface area contributed by atoms with Crippen molar-refractivity contribution in [3.63, 3.8) is 0 Å². The molecule has 0 atom stereocenters. The van der Waals surface area contributed by atoms with E-state index in [-0.39, 0.29) is 41.8 Å². The Hall–Kier alpha value is -1.55. The predicted octanol–water partition coefficient (Wildman–Crippen LogP) is 2.32. The third-order valence-electron chi connectivity index (χ3n) is 2.14. The third-order valence-corrected chi connectivity index (χ3v) is 2.35. The number of carbonyl (C=O) groups is 2. The van der Waals surface area contributed by atoms with Crippen molar-refractivity contribution < 1.29 is 33.0 Å². The van der Waals surface area contributed by atoms with Crippen LogP contribution in [0.15, 0.2) is 24.3 Å². The first-order chi connectivity index (χ1) is 9.83. The number of carbonyl (C=O) groups excluding carboxylic acids is 2. The number of aliphatic hydroxyl groups is 1. The molecule has 0 heterocycles. The second-order valence-corrected chi connectivity index (χ2v) is 4.10. The van der Waals surface area contributed by atoms with E-state index in [4.69, 9.17) is 11.6 Å². The Balaban J connectivity index is 0.00000441. The van der Waals surface area contributed by atoms with E-state index >= 15 is 0 Å². The van der Waals surface area contributed by atoms with Crippen LogP contribution in [0.1, 0.15) is 12.5 Å². The van der Waals surface area contributed by atoms with E-state index in [2.05, 4.69) is 9.47 Å². The minimum absolute atomic E-state index is 0. The fourth-order valence-electron chi connectivity index (χ4n) is 1.35. The topological polar surface area (TPSA) is 72.8 Å². The molecule has 0 spiro atoms. The summed E-state index contributed by atoms with van der Waals surface area (Å²) in [5, 5.41) is 9.73. The van der Waals surface area contributed by atoms with Crippen LogP contribution in [0, 0.1) is 0 Å². The number of hydrogen-bond acceptors (Lipinski definition) is 5. The molecule has 9 heteroatoms. The normalized spacial score (nSPS) is 10.9. The summed E-state index contributed by atoms with van der Waals surface area (Å²) in [5.74, 6) is -3.16. The van der Waals surface area contributed by atoms with E-state index in [1.54, 1.807) is 0 Å². The summed E-state index contributed by atoms with van der Waals surface area (Å²) in [4.78, 5) is 22.5. The second kappa shape index (κ2) is 9.46. The molecule has 0 radical (unpaired) electrons. The van der Waals surface area contributed by atoms with Gasteiger partial charge in [-0.3, -0.25) is 4.79 Å². The Kier molecular flexibility index (Phi) is 8.79. The molecule has 1 aromatic rings. The summed E-state index contributed by atoms with van der Waals surface area (Å²) in [7, 11) is 0. The molecule has 0 amide bonds. The van der Waals surface area contributed by atoms with Gasteiger partial charge in [-0.2, -0.15) is 8.78 Å². The maximum atomic E-state index is 12.1. The third kappa shape index (κ3) is 6.48. The van der Waals surface area contributed by atoms with Gasteiger partial charge in [-0.05, 0) is 25.1 Å². The number of aliphatic hydroxyl groups excluding tert-OH is 1. The number of alkyl halides is 2. The van der Waals surface area contributed by atoms with Gasteiger partial charge in [-0.15, -0.1) is 0 Å². The van der Waals surface area contributed by atoms with Crippen LogP contribution in [0.5, 0.6) is 5.75 Å². The van der Waals surface area contributed by atoms with Crippen molar-refractivity contribution in [1.29, 1.82) is 0 Å². The van der Waals surface area contributed by atoms with E-state index in [1.807, 2.05) is 0 Å². The molecule has 0 fully saturated rings. The molecule has 0 unspecified atom stereocenters. The first-order valence-electron chi connectivity index (χ1n) is 5.71. The molecule has 0 bridgehead atoms. The van der Waals surface area contributed by atoms with Gasteiger partial charge in [0.25, 0.3) is 5.78 Å². The first kappa shape index (κ1) is 20.4. The fraction of sp³-hybridized carbons (Fsp3) is 0.231. The van der Waals surface area contributed by atoms with Crippen molar-refractivity contribution in [1.82, 2.24) is 0 Å². The molecular weight excluding hydrogens is 317 g/mol. The van der Waals surface area contributed by atoms with Crippen molar-refractivity contribution in [2.24, 2.45) is 0 Å². The van der Waals surface area contributed by atoms with Crippen LogP contribution in [-0.2, 0) is 14.3 Å². The SMILES string of the molecule is CCOC(=O)C(=O)C=C(O)c1cc(Cl)cc(OC(F)F)c1.[LiH]. The van der Waals surface area contributed by atoms with Gasteiger partial charge >= 0.3 is 31.4 Å². The number of ether oxygens (including phenoxy) is 2. The molecule has 0 saturated heterocycles. The Labute approximate surface area is 142 Å². The standard InChI is InChI=1S/C13H11ClF2O5.Li.H/c1-2-20-12(19)11(18)6-10(17)7-3-8(14)5-9(4-7)21-13(15)16;;/h3-6,13,17H,2H2,1H3;;. The summed E-state index contributed by atoms with van der Waals surface area (Å²) in [6.45, 7) is -1.55. The summed E-state index contributed by atoms with van der Waals surface area (Å²) in [6.07, 6.45) is 0.607. The average molecular weight is 329 g/mol. The van der Waals surface area contributed by atoms with Crippen LogP contribution in [0.3, 0.4) is 0 Å². The first-order valence-corrected chi connectivity index (χ1v) is 6.08. The van der Waals surface area contributed by atoms with Crippen molar-refractivity contribution >= 4 is 48.0 Å². The number of halogens is 3. The molecule has 0 aliphatic heterocycles. The van der Waals surface area contributed by atoms with E-state index in [1.165, 1.54) is 13.0 Å². The molecule has 0 aliphatic carbocycles. The van der Waals surface area contributed by atoms with Gasteiger partial charge in [0.05, 0.1) is 6.61 Å². The van der Waals surface area contributed by atoms with Crippen LogP contribution in [0.2, 0.25) is 5.02 Å². The summed E-state index contributed by atoms with van der Waals surface area (Å²) >= 11 is 5.69. The van der Waals surface area contributed by atoms with E-state index in [0.717, 1.165) is 12.1 Å². The van der Waals surface area contributed by atoms with Crippen molar-refractivity contribution in [2.75, 3.05) is 6.61 Å². The molecular formula is C13H12ClF2LiO5.